The van der Waals surface area contributed by atoms with Crippen LogP contribution in [0.4, 0.5) is 17.1 Å². The fourth-order valence-corrected chi connectivity index (χ4v) is 2.85. The number of anilines is 3. The molecular formula is C17H14N2O. The monoisotopic (exact) mass is 262 g/mol. The van der Waals surface area contributed by atoms with E-state index in [0.29, 0.717) is 12.4 Å². The summed E-state index contributed by atoms with van der Waals surface area (Å²) in [7, 11) is 0. The maximum atomic E-state index is 10.1. The van der Waals surface area contributed by atoms with E-state index in [1.807, 2.05) is 18.2 Å². The van der Waals surface area contributed by atoms with Crippen molar-refractivity contribution < 1.29 is 5.11 Å². The van der Waals surface area contributed by atoms with Gasteiger partial charge in [-0.2, -0.15) is 0 Å². The summed E-state index contributed by atoms with van der Waals surface area (Å²) in [4.78, 5) is 2.10. The summed E-state index contributed by atoms with van der Waals surface area (Å²) in [6.45, 7) is 0.647. The fourth-order valence-electron chi connectivity index (χ4n) is 2.85. The summed E-state index contributed by atoms with van der Waals surface area (Å²) >= 11 is 0. The molecule has 3 nitrogen and oxygen atoms in total. The van der Waals surface area contributed by atoms with Crippen LogP contribution in [0.25, 0.3) is 10.8 Å². The van der Waals surface area contributed by atoms with E-state index >= 15 is 0 Å². The summed E-state index contributed by atoms with van der Waals surface area (Å²) in [6, 6.07) is 20.0. The highest BCUT2D eigenvalue weighted by molar-refractivity contribution is 6.06. The van der Waals surface area contributed by atoms with Crippen LogP contribution in [0, 0.1) is 0 Å². The molecule has 2 N–H and O–H groups in total. The lowest BCUT2D eigenvalue weighted by Crippen LogP contribution is -2.28. The van der Waals surface area contributed by atoms with Crippen LogP contribution in [-0.4, -0.2) is 11.8 Å². The predicted octanol–water partition coefficient (Wildman–Crippen LogP) is 4.07. The molecule has 0 saturated carbocycles. The quantitative estimate of drug-likeness (QED) is 0.694. The van der Waals surface area contributed by atoms with Crippen LogP contribution in [0.1, 0.15) is 0 Å². The van der Waals surface area contributed by atoms with Crippen molar-refractivity contribution in [1.29, 1.82) is 0 Å². The summed E-state index contributed by atoms with van der Waals surface area (Å²) in [5.74, 6) is 0.297. The molecule has 0 atom stereocenters. The topological polar surface area (TPSA) is 35.5 Å². The second kappa shape index (κ2) is 4.17. The van der Waals surface area contributed by atoms with E-state index in [1.165, 1.54) is 10.8 Å². The predicted molar refractivity (Wildman–Crippen MR) is 82.7 cm³/mol. The Morgan fingerprint density at radius 3 is 2.45 bits per heavy atom. The molecular weight excluding hydrogens is 248 g/mol. The first-order valence-electron chi connectivity index (χ1n) is 6.66. The molecule has 4 rings (SSSR count). The molecule has 0 unspecified atom stereocenters. The number of benzene rings is 3. The first kappa shape index (κ1) is 11.2. The molecule has 1 aliphatic heterocycles. The van der Waals surface area contributed by atoms with Gasteiger partial charge in [-0.1, -0.05) is 36.4 Å². The molecule has 0 amide bonds. The van der Waals surface area contributed by atoms with Crippen molar-refractivity contribution in [2.75, 3.05) is 16.9 Å². The largest absolute Gasteiger partial charge is 0.506 e. The van der Waals surface area contributed by atoms with Gasteiger partial charge in [0.25, 0.3) is 0 Å². The Morgan fingerprint density at radius 1 is 0.850 bits per heavy atom. The van der Waals surface area contributed by atoms with Gasteiger partial charge in [0.2, 0.25) is 0 Å². The number of para-hydroxylation sites is 2. The minimum atomic E-state index is 0.297. The number of nitrogens with zero attached hydrogens (tertiary/aromatic N) is 1. The summed E-state index contributed by atoms with van der Waals surface area (Å²) in [6.07, 6.45) is 0. The first-order chi connectivity index (χ1) is 9.84. The highest BCUT2D eigenvalue weighted by atomic mass is 16.3. The molecule has 3 aromatic carbocycles. The number of phenolic OH excluding ortho intramolecular Hbond substituents is 1. The Balaban J connectivity index is 1.98. The van der Waals surface area contributed by atoms with Gasteiger partial charge in [-0.25, -0.2) is 0 Å². The van der Waals surface area contributed by atoms with Crippen LogP contribution in [0.5, 0.6) is 5.75 Å². The average Bonchev–Trinajstić information content (AvgIpc) is 2.49. The van der Waals surface area contributed by atoms with E-state index in [2.05, 4.69) is 46.6 Å². The van der Waals surface area contributed by atoms with Crippen molar-refractivity contribution in [3.05, 3.63) is 60.7 Å². The number of nitrogens with one attached hydrogen (secondary N) is 1. The molecule has 0 spiro atoms. The molecule has 3 aromatic rings. The summed E-state index contributed by atoms with van der Waals surface area (Å²) in [5.41, 5.74) is 3.09. The van der Waals surface area contributed by atoms with Crippen LogP contribution >= 0.6 is 0 Å². The lowest BCUT2D eigenvalue weighted by Gasteiger charge is -2.32. The SMILES string of the molecule is Oc1ccccc1N1CNc2cccc3cccc1c23. The number of aromatic hydroxyl groups is 1. The Kier molecular flexibility index (Phi) is 2.33. The van der Waals surface area contributed by atoms with Gasteiger partial charge in [0, 0.05) is 11.1 Å². The Bertz CT molecular complexity index is 793. The van der Waals surface area contributed by atoms with Gasteiger partial charge >= 0.3 is 0 Å². The minimum Gasteiger partial charge on any atom is -0.506 e. The lowest BCUT2D eigenvalue weighted by atomic mass is 10.0. The van der Waals surface area contributed by atoms with Crippen molar-refractivity contribution in [2.45, 2.75) is 0 Å². The van der Waals surface area contributed by atoms with Crippen molar-refractivity contribution in [2.24, 2.45) is 0 Å². The van der Waals surface area contributed by atoms with Crippen LogP contribution in [0.3, 0.4) is 0 Å². The normalized spacial score (nSPS) is 13.3. The van der Waals surface area contributed by atoms with Gasteiger partial charge in [-0.3, -0.25) is 0 Å². The third-order valence-electron chi connectivity index (χ3n) is 3.77. The van der Waals surface area contributed by atoms with Crippen molar-refractivity contribution in [3.63, 3.8) is 0 Å². The number of rotatable bonds is 1. The molecule has 1 heterocycles. The Labute approximate surface area is 117 Å². The van der Waals surface area contributed by atoms with Gasteiger partial charge in [0.1, 0.15) is 5.75 Å². The van der Waals surface area contributed by atoms with E-state index < -0.39 is 0 Å². The molecule has 3 heteroatoms. The summed E-state index contributed by atoms with van der Waals surface area (Å²) < 4.78 is 0. The Hall–Kier alpha value is -2.68. The molecule has 0 fully saturated rings. The van der Waals surface area contributed by atoms with Gasteiger partial charge in [-0.05, 0) is 29.7 Å². The van der Waals surface area contributed by atoms with Gasteiger partial charge in [0.15, 0.2) is 0 Å². The highest BCUT2D eigenvalue weighted by Gasteiger charge is 2.20. The third-order valence-corrected chi connectivity index (χ3v) is 3.77. The van der Waals surface area contributed by atoms with E-state index in [1.54, 1.807) is 6.07 Å². The first-order valence-corrected chi connectivity index (χ1v) is 6.66. The highest BCUT2D eigenvalue weighted by Crippen LogP contribution is 2.41. The maximum Gasteiger partial charge on any atom is 0.139 e. The van der Waals surface area contributed by atoms with Crippen molar-refractivity contribution in [1.82, 2.24) is 0 Å². The van der Waals surface area contributed by atoms with Crippen molar-refractivity contribution in [3.8, 4) is 5.75 Å². The average molecular weight is 262 g/mol. The van der Waals surface area contributed by atoms with E-state index in [-0.39, 0.29) is 0 Å². The number of hydrogen-bond donors (Lipinski definition) is 2. The Morgan fingerprint density at radius 2 is 1.60 bits per heavy atom. The standard InChI is InChI=1S/C17H14N2O/c20-16-10-2-1-8-14(16)19-11-18-13-7-3-5-12-6-4-9-15(19)17(12)13/h1-10,18,20H,11H2. The molecule has 1 aliphatic rings. The zero-order valence-electron chi connectivity index (χ0n) is 10.9. The van der Waals surface area contributed by atoms with Crippen LogP contribution in [-0.2, 0) is 0 Å². The van der Waals surface area contributed by atoms with Gasteiger partial charge in [-0.15, -0.1) is 0 Å². The number of hydrogen-bond acceptors (Lipinski definition) is 3. The number of phenols is 1. The smallest absolute Gasteiger partial charge is 0.139 e. The fraction of sp³-hybridized carbons (Fsp3) is 0.0588. The van der Waals surface area contributed by atoms with Crippen LogP contribution in [0.2, 0.25) is 0 Å². The van der Waals surface area contributed by atoms with Gasteiger partial charge < -0.3 is 15.3 Å². The second-order valence-electron chi connectivity index (χ2n) is 4.93. The van der Waals surface area contributed by atoms with Crippen LogP contribution < -0.4 is 10.2 Å². The molecule has 0 radical (unpaired) electrons. The zero-order valence-corrected chi connectivity index (χ0v) is 10.9. The molecule has 98 valence electrons. The lowest BCUT2D eigenvalue weighted by molar-refractivity contribution is 0.475. The van der Waals surface area contributed by atoms with E-state index in [4.69, 9.17) is 0 Å². The second-order valence-corrected chi connectivity index (χ2v) is 4.93. The van der Waals surface area contributed by atoms with E-state index in [9.17, 15) is 5.11 Å². The van der Waals surface area contributed by atoms with Crippen LogP contribution in [0.15, 0.2) is 60.7 Å². The van der Waals surface area contributed by atoms with Crippen molar-refractivity contribution >= 4 is 27.8 Å². The van der Waals surface area contributed by atoms with E-state index in [0.717, 1.165) is 17.1 Å². The zero-order chi connectivity index (χ0) is 13.5. The molecule has 0 saturated heterocycles. The van der Waals surface area contributed by atoms with Gasteiger partial charge in [0.05, 0.1) is 18.0 Å². The molecule has 20 heavy (non-hydrogen) atoms. The minimum absolute atomic E-state index is 0.297. The molecule has 0 aromatic heterocycles. The summed E-state index contributed by atoms with van der Waals surface area (Å²) in [5, 5.41) is 15.9. The molecule has 0 aliphatic carbocycles. The third kappa shape index (κ3) is 1.53. The molecule has 0 bridgehead atoms. The maximum absolute atomic E-state index is 10.1.